The van der Waals surface area contributed by atoms with Gasteiger partial charge in [-0.05, 0) is 60.2 Å². The zero-order valence-electron chi connectivity index (χ0n) is 18.7. The number of fused-ring (bicyclic) bond motifs is 2. The number of nitrogens with one attached hydrogen (secondary N) is 1. The Labute approximate surface area is 218 Å². The second kappa shape index (κ2) is 9.18. The minimum absolute atomic E-state index is 0.253. The number of carbonyl (C=O) groups excluding carboxylic acids is 1. The molecule has 0 fully saturated rings. The molecule has 7 heteroatoms. The van der Waals surface area contributed by atoms with E-state index in [1.807, 2.05) is 66.7 Å². The lowest BCUT2D eigenvalue weighted by Gasteiger charge is -2.11. The van der Waals surface area contributed by atoms with Crippen LogP contribution in [0.1, 0.15) is 10.4 Å². The van der Waals surface area contributed by atoms with Crippen molar-refractivity contribution < 1.29 is 9.21 Å². The summed E-state index contributed by atoms with van der Waals surface area (Å²) in [4.78, 5) is 30.4. The third kappa shape index (κ3) is 4.23. The number of carbonyl (C=O) groups is 1. The van der Waals surface area contributed by atoms with Gasteiger partial charge >= 0.3 is 5.63 Å². The fraction of sp³-hybridized carbons (Fsp3) is 0. The van der Waals surface area contributed by atoms with E-state index in [-0.39, 0.29) is 5.91 Å². The number of nitrogens with zero attached hydrogens (tertiary/aromatic N) is 1. The summed E-state index contributed by atoms with van der Waals surface area (Å²) < 4.78 is 7.43. The molecule has 0 atom stereocenters. The highest BCUT2D eigenvalue weighted by atomic mass is 79.9. The molecule has 36 heavy (non-hydrogen) atoms. The maximum Gasteiger partial charge on any atom is 0.344 e. The Bertz CT molecular complexity index is 1790. The molecule has 0 saturated heterocycles. The van der Waals surface area contributed by atoms with Crippen LogP contribution in [-0.4, -0.2) is 10.9 Å². The molecule has 2 heterocycles. The van der Waals surface area contributed by atoms with E-state index in [1.54, 1.807) is 41.7 Å². The highest BCUT2D eigenvalue weighted by Crippen LogP contribution is 2.36. The second-order valence-corrected chi connectivity index (χ2v) is 10.1. The Hall–Kier alpha value is -4.07. The Morgan fingerprint density at radius 1 is 0.861 bits per heavy atom. The molecular weight excluding hydrogens is 536 g/mol. The van der Waals surface area contributed by atoms with Crippen LogP contribution in [0.4, 0.5) is 5.69 Å². The highest BCUT2D eigenvalue weighted by Gasteiger charge is 2.15. The Kier molecular flexibility index (Phi) is 5.71. The molecule has 5 nitrogen and oxygen atoms in total. The summed E-state index contributed by atoms with van der Waals surface area (Å²) in [6, 6.07) is 29.8. The van der Waals surface area contributed by atoms with Crippen LogP contribution < -0.4 is 10.9 Å². The van der Waals surface area contributed by atoms with E-state index < -0.39 is 5.63 Å². The molecule has 174 valence electrons. The van der Waals surface area contributed by atoms with Gasteiger partial charge in [0.25, 0.3) is 5.91 Å². The molecule has 0 aliphatic heterocycles. The standard InChI is InChI=1S/C29H17BrN2O3S/c30-20-13-14-23(22(16-20)28-32-24-6-2-4-8-26(24)36-28)31-27(33)18-11-9-17(10-12-18)21-15-19-5-1-3-7-25(19)35-29(21)34/h1-16H,(H,31,33). The van der Waals surface area contributed by atoms with E-state index in [9.17, 15) is 9.59 Å². The Morgan fingerprint density at radius 3 is 2.47 bits per heavy atom. The summed E-state index contributed by atoms with van der Waals surface area (Å²) in [6.45, 7) is 0. The van der Waals surface area contributed by atoms with Gasteiger partial charge < -0.3 is 9.73 Å². The van der Waals surface area contributed by atoms with Gasteiger partial charge in [0, 0.05) is 21.0 Å². The second-order valence-electron chi connectivity index (χ2n) is 8.19. The lowest BCUT2D eigenvalue weighted by Crippen LogP contribution is -2.12. The molecule has 0 bridgehead atoms. The number of rotatable bonds is 4. The first kappa shape index (κ1) is 22.4. The van der Waals surface area contributed by atoms with Crippen LogP contribution >= 0.6 is 27.3 Å². The topological polar surface area (TPSA) is 72.2 Å². The zero-order chi connectivity index (χ0) is 24.6. The molecule has 0 unspecified atom stereocenters. The number of hydrogen-bond donors (Lipinski definition) is 1. The predicted octanol–water partition coefficient (Wildman–Crippen LogP) is 7.75. The van der Waals surface area contributed by atoms with E-state index in [2.05, 4.69) is 21.2 Å². The molecule has 0 spiro atoms. The number of anilines is 1. The van der Waals surface area contributed by atoms with E-state index in [0.29, 0.717) is 28.0 Å². The fourth-order valence-electron chi connectivity index (χ4n) is 4.05. The van der Waals surface area contributed by atoms with Gasteiger partial charge in [-0.2, -0.15) is 0 Å². The first-order chi connectivity index (χ1) is 17.5. The number of thiazole rings is 1. The van der Waals surface area contributed by atoms with Crippen molar-refractivity contribution >= 4 is 60.0 Å². The largest absolute Gasteiger partial charge is 0.422 e. The maximum atomic E-state index is 13.1. The third-order valence-electron chi connectivity index (χ3n) is 5.85. The lowest BCUT2D eigenvalue weighted by molar-refractivity contribution is 0.102. The number of aromatic nitrogens is 1. The number of para-hydroxylation sites is 2. The monoisotopic (exact) mass is 552 g/mol. The quantitative estimate of drug-likeness (QED) is 0.227. The van der Waals surface area contributed by atoms with Gasteiger partial charge in [-0.15, -0.1) is 11.3 Å². The van der Waals surface area contributed by atoms with Crippen LogP contribution in [0.15, 0.2) is 111 Å². The normalized spacial score (nSPS) is 11.1. The maximum absolute atomic E-state index is 13.1. The Balaban J connectivity index is 1.30. The molecule has 0 aliphatic carbocycles. The van der Waals surface area contributed by atoms with E-state index in [0.717, 1.165) is 30.6 Å². The summed E-state index contributed by atoms with van der Waals surface area (Å²) >= 11 is 5.11. The van der Waals surface area contributed by atoms with Crippen molar-refractivity contribution in [2.24, 2.45) is 0 Å². The number of halogens is 1. The summed E-state index contributed by atoms with van der Waals surface area (Å²) in [5, 5.41) is 4.68. The number of hydrogen-bond acceptors (Lipinski definition) is 5. The summed E-state index contributed by atoms with van der Waals surface area (Å²) in [5.41, 5.74) is 4.16. The van der Waals surface area contributed by atoms with Crippen LogP contribution in [0.25, 0.3) is 42.9 Å². The first-order valence-electron chi connectivity index (χ1n) is 11.2. The molecule has 0 radical (unpaired) electrons. The molecule has 2 aromatic heterocycles. The van der Waals surface area contributed by atoms with Gasteiger partial charge in [0.1, 0.15) is 10.6 Å². The van der Waals surface area contributed by atoms with Crippen molar-refractivity contribution in [1.29, 1.82) is 0 Å². The van der Waals surface area contributed by atoms with Gasteiger partial charge in [0.2, 0.25) is 0 Å². The third-order valence-corrected chi connectivity index (χ3v) is 7.42. The van der Waals surface area contributed by atoms with Gasteiger partial charge in [0.05, 0.1) is 21.5 Å². The minimum Gasteiger partial charge on any atom is -0.422 e. The van der Waals surface area contributed by atoms with Crippen molar-refractivity contribution in [1.82, 2.24) is 4.98 Å². The van der Waals surface area contributed by atoms with Crippen molar-refractivity contribution in [3.8, 4) is 21.7 Å². The molecule has 6 aromatic rings. The van der Waals surface area contributed by atoms with Crippen LogP contribution in [0.3, 0.4) is 0 Å². The Morgan fingerprint density at radius 2 is 1.64 bits per heavy atom. The average molecular weight is 553 g/mol. The van der Waals surface area contributed by atoms with Crippen molar-refractivity contribution in [2.75, 3.05) is 5.32 Å². The van der Waals surface area contributed by atoms with E-state index >= 15 is 0 Å². The van der Waals surface area contributed by atoms with Gasteiger partial charge in [-0.1, -0.05) is 58.4 Å². The highest BCUT2D eigenvalue weighted by molar-refractivity contribution is 9.10. The molecular formula is C29H17BrN2O3S. The molecule has 1 N–H and O–H groups in total. The van der Waals surface area contributed by atoms with Crippen molar-refractivity contribution in [3.63, 3.8) is 0 Å². The van der Waals surface area contributed by atoms with Crippen LogP contribution in [0.2, 0.25) is 0 Å². The van der Waals surface area contributed by atoms with Crippen LogP contribution in [-0.2, 0) is 0 Å². The molecule has 4 aromatic carbocycles. The van der Waals surface area contributed by atoms with Crippen LogP contribution in [0, 0.1) is 0 Å². The summed E-state index contributed by atoms with van der Waals surface area (Å²) in [5.74, 6) is -0.253. The first-order valence-corrected chi connectivity index (χ1v) is 12.8. The predicted molar refractivity (Wildman–Crippen MR) is 149 cm³/mol. The smallest absolute Gasteiger partial charge is 0.344 e. The molecule has 6 rings (SSSR count). The minimum atomic E-state index is -0.416. The van der Waals surface area contributed by atoms with Crippen molar-refractivity contribution in [2.45, 2.75) is 0 Å². The average Bonchev–Trinajstić information content (AvgIpc) is 3.33. The summed E-state index contributed by atoms with van der Waals surface area (Å²) in [7, 11) is 0. The van der Waals surface area contributed by atoms with E-state index in [1.165, 1.54) is 0 Å². The summed E-state index contributed by atoms with van der Waals surface area (Å²) in [6.07, 6.45) is 0. The lowest BCUT2D eigenvalue weighted by atomic mass is 10.0. The van der Waals surface area contributed by atoms with Gasteiger partial charge in [-0.25, -0.2) is 9.78 Å². The molecule has 1 amide bonds. The number of benzene rings is 4. The fourth-order valence-corrected chi connectivity index (χ4v) is 5.41. The molecule has 0 saturated carbocycles. The molecule has 0 aliphatic rings. The van der Waals surface area contributed by atoms with Crippen LogP contribution in [0.5, 0.6) is 0 Å². The van der Waals surface area contributed by atoms with Gasteiger partial charge in [-0.3, -0.25) is 4.79 Å². The van der Waals surface area contributed by atoms with Gasteiger partial charge in [0.15, 0.2) is 0 Å². The SMILES string of the molecule is O=C(Nc1ccc(Br)cc1-c1nc2ccccc2s1)c1ccc(-c2cc3ccccc3oc2=O)cc1. The van der Waals surface area contributed by atoms with E-state index in [4.69, 9.17) is 9.40 Å². The number of amides is 1. The zero-order valence-corrected chi connectivity index (χ0v) is 21.1. The van der Waals surface area contributed by atoms with Crippen molar-refractivity contribution in [3.05, 3.63) is 118 Å².